The van der Waals surface area contributed by atoms with Crippen LogP contribution in [0.3, 0.4) is 0 Å². The number of aromatic amines is 1. The smallest absolute Gasteiger partial charge is 0.257 e. The average molecular weight is 314 g/mol. The summed E-state index contributed by atoms with van der Waals surface area (Å²) >= 11 is 0. The Kier molecular flexibility index (Phi) is 3.51. The lowest BCUT2D eigenvalue weighted by Gasteiger charge is -2.09. The quantitative estimate of drug-likeness (QED) is 0.603. The van der Waals surface area contributed by atoms with E-state index in [4.69, 9.17) is 0 Å². The number of fused-ring (bicyclic) bond motifs is 1. The molecule has 0 unspecified atom stereocenters. The number of benzene rings is 2. The van der Waals surface area contributed by atoms with Crippen LogP contribution in [0, 0.1) is 0 Å². The molecule has 0 spiro atoms. The van der Waals surface area contributed by atoms with Gasteiger partial charge in [-0.25, -0.2) is 4.98 Å². The first-order valence-corrected chi connectivity index (χ1v) is 7.57. The highest BCUT2D eigenvalue weighted by Crippen LogP contribution is 2.27. The maximum Gasteiger partial charge on any atom is 0.257 e. The van der Waals surface area contributed by atoms with Gasteiger partial charge in [-0.05, 0) is 36.4 Å². The Hall–Kier alpha value is -3.47. The molecule has 4 rings (SSSR count). The fourth-order valence-electron chi connectivity index (χ4n) is 2.57. The predicted octanol–water partition coefficient (Wildman–Crippen LogP) is 3.88. The summed E-state index contributed by atoms with van der Waals surface area (Å²) in [5.41, 5.74) is 3.90. The highest BCUT2D eigenvalue weighted by Gasteiger charge is 2.12. The first kappa shape index (κ1) is 14.1. The zero-order valence-corrected chi connectivity index (χ0v) is 12.7. The van der Waals surface area contributed by atoms with Crippen LogP contribution in [0.2, 0.25) is 0 Å². The third-order valence-electron chi connectivity index (χ3n) is 3.74. The van der Waals surface area contributed by atoms with E-state index in [1.807, 2.05) is 48.5 Å². The van der Waals surface area contributed by atoms with Gasteiger partial charge in [0.2, 0.25) is 0 Å². The number of amides is 1. The number of imidazole rings is 1. The number of H-pyrrole nitrogens is 1. The molecular formula is C19H14N4O. The van der Waals surface area contributed by atoms with Gasteiger partial charge in [0.1, 0.15) is 5.82 Å². The van der Waals surface area contributed by atoms with Gasteiger partial charge in [-0.3, -0.25) is 9.78 Å². The maximum atomic E-state index is 12.4. The molecule has 5 heteroatoms. The molecule has 2 N–H and O–H groups in total. The molecule has 4 aromatic rings. The Morgan fingerprint density at radius 2 is 1.79 bits per heavy atom. The lowest BCUT2D eigenvalue weighted by Crippen LogP contribution is -2.12. The van der Waals surface area contributed by atoms with Gasteiger partial charge in [-0.2, -0.15) is 0 Å². The van der Waals surface area contributed by atoms with E-state index in [0.29, 0.717) is 11.3 Å². The van der Waals surface area contributed by atoms with Crippen molar-refractivity contribution in [3.63, 3.8) is 0 Å². The molecule has 24 heavy (non-hydrogen) atoms. The molecule has 0 aliphatic carbocycles. The molecule has 0 bridgehead atoms. The van der Waals surface area contributed by atoms with Gasteiger partial charge < -0.3 is 10.3 Å². The molecule has 0 radical (unpaired) electrons. The van der Waals surface area contributed by atoms with Crippen molar-refractivity contribution in [2.75, 3.05) is 5.32 Å². The van der Waals surface area contributed by atoms with Crippen LogP contribution in [0.5, 0.6) is 0 Å². The van der Waals surface area contributed by atoms with E-state index in [0.717, 1.165) is 22.4 Å². The molecule has 0 atom stereocenters. The third-order valence-corrected chi connectivity index (χ3v) is 3.74. The molecule has 2 heterocycles. The summed E-state index contributed by atoms with van der Waals surface area (Å²) in [5, 5.41) is 2.93. The van der Waals surface area contributed by atoms with Crippen LogP contribution >= 0.6 is 0 Å². The average Bonchev–Trinajstić information content (AvgIpc) is 3.07. The second-order valence-electron chi connectivity index (χ2n) is 5.34. The van der Waals surface area contributed by atoms with E-state index in [9.17, 15) is 4.79 Å². The monoisotopic (exact) mass is 314 g/mol. The zero-order chi connectivity index (χ0) is 16.4. The zero-order valence-electron chi connectivity index (χ0n) is 12.7. The van der Waals surface area contributed by atoms with Crippen molar-refractivity contribution in [1.29, 1.82) is 0 Å². The molecule has 5 nitrogen and oxygen atoms in total. The fraction of sp³-hybridized carbons (Fsp3) is 0. The number of anilines is 1. The molecule has 1 amide bonds. The summed E-state index contributed by atoms with van der Waals surface area (Å²) in [4.78, 5) is 24.3. The standard InChI is InChI=1S/C19H14N4O/c24-19(13-6-5-11-20-12-13)23-15-8-2-1-7-14(15)18-21-16-9-3-4-10-17(16)22-18/h1-12H,(H,21,22)(H,23,24). The molecule has 0 aliphatic heterocycles. The Labute approximate surface area is 138 Å². The fourth-order valence-corrected chi connectivity index (χ4v) is 2.57. The molecule has 0 saturated carbocycles. The van der Waals surface area contributed by atoms with Crippen LogP contribution in [0.1, 0.15) is 10.4 Å². The largest absolute Gasteiger partial charge is 0.338 e. The van der Waals surface area contributed by atoms with E-state index in [2.05, 4.69) is 20.3 Å². The Morgan fingerprint density at radius 1 is 0.958 bits per heavy atom. The van der Waals surface area contributed by atoms with Crippen LogP contribution in [0.25, 0.3) is 22.4 Å². The minimum Gasteiger partial charge on any atom is -0.338 e. The van der Waals surface area contributed by atoms with Crippen molar-refractivity contribution in [3.05, 3.63) is 78.6 Å². The number of pyridine rings is 1. The van der Waals surface area contributed by atoms with Gasteiger partial charge in [0.15, 0.2) is 0 Å². The van der Waals surface area contributed by atoms with Gasteiger partial charge in [0.05, 0.1) is 22.3 Å². The number of nitrogens with one attached hydrogen (secondary N) is 2. The van der Waals surface area contributed by atoms with E-state index in [-0.39, 0.29) is 5.91 Å². The van der Waals surface area contributed by atoms with Gasteiger partial charge in [-0.1, -0.05) is 24.3 Å². The first-order chi connectivity index (χ1) is 11.8. The second kappa shape index (κ2) is 5.96. The Balaban J connectivity index is 1.71. The third kappa shape index (κ3) is 2.63. The van der Waals surface area contributed by atoms with E-state index in [1.165, 1.54) is 0 Å². The summed E-state index contributed by atoms with van der Waals surface area (Å²) in [6.45, 7) is 0. The van der Waals surface area contributed by atoms with Crippen molar-refractivity contribution in [2.45, 2.75) is 0 Å². The van der Waals surface area contributed by atoms with Crippen LogP contribution in [-0.2, 0) is 0 Å². The van der Waals surface area contributed by atoms with Crippen molar-refractivity contribution in [1.82, 2.24) is 15.0 Å². The molecule has 0 saturated heterocycles. The normalized spacial score (nSPS) is 10.7. The highest BCUT2D eigenvalue weighted by molar-refractivity contribution is 6.06. The van der Waals surface area contributed by atoms with Gasteiger partial charge in [-0.15, -0.1) is 0 Å². The highest BCUT2D eigenvalue weighted by atomic mass is 16.1. The van der Waals surface area contributed by atoms with Gasteiger partial charge >= 0.3 is 0 Å². The topological polar surface area (TPSA) is 70.7 Å². The van der Waals surface area contributed by atoms with Gasteiger partial charge in [0, 0.05) is 18.0 Å². The summed E-state index contributed by atoms with van der Waals surface area (Å²) in [5.74, 6) is 0.518. The number of aromatic nitrogens is 3. The van der Waals surface area contributed by atoms with Crippen LogP contribution in [-0.4, -0.2) is 20.9 Å². The molecule has 2 aromatic carbocycles. The summed E-state index contributed by atoms with van der Waals surface area (Å²) in [6, 6.07) is 18.9. The number of para-hydroxylation sites is 3. The lowest BCUT2D eigenvalue weighted by molar-refractivity contribution is 0.102. The second-order valence-corrected chi connectivity index (χ2v) is 5.34. The van der Waals surface area contributed by atoms with Crippen LogP contribution in [0.4, 0.5) is 5.69 Å². The van der Waals surface area contributed by atoms with Crippen molar-refractivity contribution in [3.8, 4) is 11.4 Å². The maximum absolute atomic E-state index is 12.4. The Bertz CT molecular complexity index is 975. The van der Waals surface area contributed by atoms with E-state index in [1.54, 1.807) is 24.5 Å². The van der Waals surface area contributed by atoms with E-state index >= 15 is 0 Å². The molecule has 116 valence electrons. The molecule has 0 fully saturated rings. The lowest BCUT2D eigenvalue weighted by atomic mass is 10.1. The van der Waals surface area contributed by atoms with Crippen molar-refractivity contribution >= 4 is 22.6 Å². The minimum absolute atomic E-state index is 0.202. The minimum atomic E-state index is -0.202. The SMILES string of the molecule is O=C(Nc1ccccc1-c1nc2ccccc2[nH]1)c1cccnc1. The van der Waals surface area contributed by atoms with Gasteiger partial charge in [0.25, 0.3) is 5.91 Å². The molecule has 2 aromatic heterocycles. The van der Waals surface area contributed by atoms with E-state index < -0.39 is 0 Å². The summed E-state index contributed by atoms with van der Waals surface area (Å²) < 4.78 is 0. The predicted molar refractivity (Wildman–Crippen MR) is 93.7 cm³/mol. The first-order valence-electron chi connectivity index (χ1n) is 7.57. The number of carbonyl (C=O) groups excluding carboxylic acids is 1. The number of rotatable bonds is 3. The Morgan fingerprint density at radius 3 is 2.62 bits per heavy atom. The number of hydrogen-bond donors (Lipinski definition) is 2. The molecular weight excluding hydrogens is 300 g/mol. The number of hydrogen-bond acceptors (Lipinski definition) is 3. The number of nitrogens with zero attached hydrogens (tertiary/aromatic N) is 2. The molecule has 0 aliphatic rings. The van der Waals surface area contributed by atoms with Crippen molar-refractivity contribution < 1.29 is 4.79 Å². The van der Waals surface area contributed by atoms with Crippen LogP contribution < -0.4 is 5.32 Å². The van der Waals surface area contributed by atoms with Crippen molar-refractivity contribution in [2.24, 2.45) is 0 Å². The summed E-state index contributed by atoms with van der Waals surface area (Å²) in [7, 11) is 0. The number of carbonyl (C=O) groups is 1. The summed E-state index contributed by atoms with van der Waals surface area (Å²) in [6.07, 6.45) is 3.18. The van der Waals surface area contributed by atoms with Crippen LogP contribution in [0.15, 0.2) is 73.1 Å².